The third kappa shape index (κ3) is 8.27. The van der Waals surface area contributed by atoms with Gasteiger partial charge in [0.1, 0.15) is 11.7 Å². The summed E-state index contributed by atoms with van der Waals surface area (Å²) in [6, 6.07) is 10.1. The maximum absolute atomic E-state index is 15.7. The Morgan fingerprint density at radius 3 is 2.36 bits per heavy atom. The van der Waals surface area contributed by atoms with E-state index in [0.717, 1.165) is 135 Å². The lowest BCUT2D eigenvalue weighted by Crippen LogP contribution is -2.54. The van der Waals surface area contributed by atoms with Crippen LogP contribution < -0.4 is 20.0 Å². The van der Waals surface area contributed by atoms with Crippen LogP contribution in [-0.2, 0) is 38.5 Å². The van der Waals surface area contributed by atoms with Gasteiger partial charge in [-0.05, 0) is 98.4 Å². The average molecular weight is 984 g/mol. The molecule has 10 heterocycles. The molecule has 0 bridgehead atoms. The van der Waals surface area contributed by atoms with E-state index in [1.165, 1.54) is 0 Å². The van der Waals surface area contributed by atoms with Gasteiger partial charge in [-0.1, -0.05) is 0 Å². The molecule has 17 nitrogen and oxygen atoms in total. The SMILES string of the molecule is CC(=O)N1CCc2c(c(N3CCCc4cc(-c5cc6nccn6cc5N5CCN(CC6CCN(c7ccc8c(c7)C(=O)N(C7CCC(=O)NC7=O)C8=O)CC6)CC5)c(C(F)F)cc43)nn2C2CCOCC2)C1. The highest BCUT2D eigenvalue weighted by Crippen LogP contribution is 2.46. The summed E-state index contributed by atoms with van der Waals surface area (Å²) in [6.07, 6.45) is 8.99. The van der Waals surface area contributed by atoms with Crippen LogP contribution in [0.5, 0.6) is 0 Å². The number of carbonyl (C=O) groups excluding carboxylic acids is 5. The monoisotopic (exact) mass is 983 g/mol. The van der Waals surface area contributed by atoms with Crippen molar-refractivity contribution < 1.29 is 37.5 Å². The maximum atomic E-state index is 15.7. The van der Waals surface area contributed by atoms with Crippen LogP contribution in [0.4, 0.5) is 31.7 Å². The summed E-state index contributed by atoms with van der Waals surface area (Å²) < 4.78 is 41.2. The van der Waals surface area contributed by atoms with Crippen molar-refractivity contribution in [2.24, 2.45) is 5.92 Å². The van der Waals surface area contributed by atoms with Crippen molar-refractivity contribution in [2.45, 2.75) is 89.8 Å². The third-order valence-electron chi connectivity index (χ3n) is 16.3. The minimum Gasteiger partial charge on any atom is -0.381 e. The predicted molar refractivity (Wildman–Crippen MR) is 264 cm³/mol. The fourth-order valence-corrected chi connectivity index (χ4v) is 12.4. The lowest BCUT2D eigenvalue weighted by Gasteiger charge is -2.40. The van der Waals surface area contributed by atoms with E-state index in [0.29, 0.717) is 56.4 Å². The molecule has 1 atom stereocenters. The Morgan fingerprint density at radius 1 is 0.806 bits per heavy atom. The number of hydrogen-bond donors (Lipinski definition) is 1. The first-order chi connectivity index (χ1) is 35.0. The summed E-state index contributed by atoms with van der Waals surface area (Å²) in [7, 11) is 0. The molecular formula is C53H59F2N11O6. The number of piperidine rings is 2. The highest BCUT2D eigenvalue weighted by atomic mass is 19.3. The molecule has 4 saturated heterocycles. The fourth-order valence-electron chi connectivity index (χ4n) is 12.4. The Morgan fingerprint density at radius 2 is 1.60 bits per heavy atom. The first kappa shape index (κ1) is 46.3. The van der Waals surface area contributed by atoms with E-state index >= 15 is 8.78 Å². The number of piperazine rings is 1. The van der Waals surface area contributed by atoms with Gasteiger partial charge in [-0.2, -0.15) is 5.10 Å². The Kier molecular flexibility index (Phi) is 12.0. The number of anilines is 4. The van der Waals surface area contributed by atoms with Crippen LogP contribution >= 0.6 is 0 Å². The molecule has 7 aliphatic rings. The lowest BCUT2D eigenvalue weighted by atomic mass is 9.91. The lowest BCUT2D eigenvalue weighted by molar-refractivity contribution is -0.136. The van der Waals surface area contributed by atoms with Crippen LogP contribution in [0.15, 0.2) is 55.0 Å². The quantitative estimate of drug-likeness (QED) is 0.174. The van der Waals surface area contributed by atoms with Crippen molar-refractivity contribution in [3.05, 3.63) is 88.5 Å². The number of pyridine rings is 1. The van der Waals surface area contributed by atoms with Crippen molar-refractivity contribution in [1.82, 2.24) is 39.2 Å². The van der Waals surface area contributed by atoms with E-state index in [1.54, 1.807) is 31.3 Å². The van der Waals surface area contributed by atoms with Crippen LogP contribution in [-0.4, -0.2) is 142 Å². The Balaban J connectivity index is 0.750. The summed E-state index contributed by atoms with van der Waals surface area (Å²) in [5.41, 5.74) is 8.12. The second kappa shape index (κ2) is 18.7. The van der Waals surface area contributed by atoms with Crippen LogP contribution in [0, 0.1) is 5.92 Å². The van der Waals surface area contributed by atoms with Gasteiger partial charge in [-0.15, -0.1) is 0 Å². The van der Waals surface area contributed by atoms with Crippen molar-refractivity contribution >= 4 is 58.1 Å². The molecule has 1 unspecified atom stereocenters. The number of hydrogen-bond acceptors (Lipinski definition) is 12. The van der Waals surface area contributed by atoms with Gasteiger partial charge in [-0.25, -0.2) is 13.8 Å². The number of amides is 5. The van der Waals surface area contributed by atoms with E-state index < -0.39 is 36.1 Å². The molecule has 0 radical (unpaired) electrons. The Hall–Kier alpha value is -6.73. The number of nitrogens with one attached hydrogen (secondary N) is 1. The number of halogens is 2. The minimum atomic E-state index is -2.74. The van der Waals surface area contributed by atoms with Crippen LogP contribution in [0.25, 0.3) is 16.8 Å². The van der Waals surface area contributed by atoms with Gasteiger partial charge in [0.15, 0.2) is 5.82 Å². The van der Waals surface area contributed by atoms with Gasteiger partial charge in [-0.3, -0.25) is 43.8 Å². The van der Waals surface area contributed by atoms with Gasteiger partial charge < -0.3 is 28.7 Å². The number of benzene rings is 2. The fraction of sp³-hybridized carbons (Fsp3) is 0.491. The van der Waals surface area contributed by atoms with E-state index in [2.05, 4.69) is 34.6 Å². The predicted octanol–water partition coefficient (Wildman–Crippen LogP) is 5.92. The summed E-state index contributed by atoms with van der Waals surface area (Å²) in [5, 5.41) is 7.53. The van der Waals surface area contributed by atoms with Crippen LogP contribution in [0.1, 0.15) is 107 Å². The second-order valence-corrected chi connectivity index (χ2v) is 20.5. The maximum Gasteiger partial charge on any atom is 0.264 e. The third-order valence-corrected chi connectivity index (χ3v) is 16.3. The topological polar surface area (TPSA) is 161 Å². The molecule has 7 aliphatic heterocycles. The van der Waals surface area contributed by atoms with Crippen molar-refractivity contribution in [2.75, 3.05) is 86.8 Å². The van der Waals surface area contributed by atoms with E-state index in [-0.39, 0.29) is 41.5 Å². The number of ether oxygens (including phenoxy) is 1. The molecule has 376 valence electrons. The molecule has 0 spiro atoms. The zero-order chi connectivity index (χ0) is 49.4. The van der Waals surface area contributed by atoms with Crippen molar-refractivity contribution in [1.29, 1.82) is 0 Å². The van der Waals surface area contributed by atoms with Gasteiger partial charge >= 0.3 is 0 Å². The van der Waals surface area contributed by atoms with Gasteiger partial charge in [0.25, 0.3) is 18.2 Å². The largest absolute Gasteiger partial charge is 0.381 e. The van der Waals surface area contributed by atoms with Crippen LogP contribution in [0.3, 0.4) is 0 Å². The molecular weight excluding hydrogens is 925 g/mol. The average Bonchev–Trinajstić information content (AvgIpc) is 4.09. The number of fused-ring (bicyclic) bond motifs is 4. The zero-order valence-electron chi connectivity index (χ0n) is 40.5. The van der Waals surface area contributed by atoms with E-state index in [4.69, 9.17) is 9.84 Å². The number of nitrogens with zero attached hydrogens (tertiary/aromatic N) is 10. The number of aromatic nitrogens is 4. The molecule has 19 heteroatoms. The summed E-state index contributed by atoms with van der Waals surface area (Å²) >= 11 is 0. The van der Waals surface area contributed by atoms with E-state index in [1.807, 2.05) is 39.9 Å². The summed E-state index contributed by atoms with van der Waals surface area (Å²) in [6.45, 7) is 10.2. The summed E-state index contributed by atoms with van der Waals surface area (Å²) in [4.78, 5) is 80.4. The molecule has 4 fully saturated rings. The normalized spacial score (nSPS) is 21.5. The Labute approximate surface area is 415 Å². The molecule has 2 aromatic carbocycles. The van der Waals surface area contributed by atoms with Crippen LogP contribution in [0.2, 0.25) is 0 Å². The van der Waals surface area contributed by atoms with Gasteiger partial charge in [0, 0.05) is 144 Å². The number of imide groups is 2. The smallest absolute Gasteiger partial charge is 0.264 e. The molecule has 5 aromatic rings. The Bertz CT molecular complexity index is 3000. The summed E-state index contributed by atoms with van der Waals surface area (Å²) in [5.74, 6) is -0.808. The minimum absolute atomic E-state index is 0.0110. The number of aryl methyl sites for hydroxylation is 1. The molecule has 5 amide bonds. The molecule has 0 saturated carbocycles. The van der Waals surface area contributed by atoms with Gasteiger partial charge in [0.2, 0.25) is 17.7 Å². The van der Waals surface area contributed by atoms with Crippen molar-refractivity contribution in [3.8, 4) is 11.1 Å². The molecule has 0 aliphatic carbocycles. The number of imidazole rings is 1. The first-order valence-electron chi connectivity index (χ1n) is 25.7. The van der Waals surface area contributed by atoms with Crippen molar-refractivity contribution in [3.63, 3.8) is 0 Å². The highest BCUT2D eigenvalue weighted by molar-refractivity contribution is 6.23. The molecule has 3 aromatic heterocycles. The van der Waals surface area contributed by atoms with Gasteiger partial charge in [0.05, 0.1) is 29.4 Å². The molecule has 12 rings (SSSR count). The standard InChI is InChI=1S/C53H59F2N11O6/c1-32(67)62-17-10-43-42(30-62)50(58-66(43)35-11-23-72-24-12-35)64-14-2-3-34-25-38(40(49(54)55)27-45(34)64)39-28-47-56-13-18-63(47)31-46(39)61-21-19-59(20-22-61)29-33-8-15-60(16-9-33)36-4-5-37-41(26-36)53(71)65(52(37)70)44-6-7-48(68)57-51(44)69/h4-5,13,18,25-28,31,33,35,44,49H,2-3,6-12,14-17,19-24,29-30H2,1H3,(H,57,68,69). The molecule has 72 heavy (non-hydrogen) atoms. The molecule has 1 N–H and O–H groups in total. The number of alkyl halides is 2. The number of carbonyl (C=O) groups is 5. The zero-order valence-corrected chi connectivity index (χ0v) is 40.5. The first-order valence-corrected chi connectivity index (χ1v) is 25.7. The highest BCUT2D eigenvalue weighted by Gasteiger charge is 2.45. The number of rotatable bonds is 9. The second-order valence-electron chi connectivity index (χ2n) is 20.5. The van der Waals surface area contributed by atoms with E-state index in [9.17, 15) is 24.0 Å².